The zero-order chi connectivity index (χ0) is 21.4. The molecule has 0 unspecified atom stereocenters. The highest BCUT2D eigenvalue weighted by atomic mass is 32.2. The number of phenols is 1. The standard InChI is InChI=1S/C23H22N4O3S/c1-30-19-12-15(10-11-17(19)28)21-20-16(8-5-9-18(20)29)24-22-25-23(26-27(21)22)31-13-14-6-3-2-4-7-14/h2-4,6-8,10-12,20-21,28H,5,9,13H2,1H3,(H,24,25,26)/t20-,21-/m0/s1. The molecule has 3 aromatic rings. The van der Waals surface area contributed by atoms with Crippen LogP contribution in [0.1, 0.15) is 30.0 Å². The Morgan fingerprint density at radius 2 is 2.10 bits per heavy atom. The number of phenolic OH excluding ortho intramolecular Hbond substituents is 1. The van der Waals surface area contributed by atoms with Gasteiger partial charge >= 0.3 is 0 Å². The van der Waals surface area contributed by atoms with Gasteiger partial charge in [0.25, 0.3) is 0 Å². The molecular formula is C23H22N4O3S. The van der Waals surface area contributed by atoms with Gasteiger partial charge in [-0.1, -0.05) is 54.2 Å². The number of fused-ring (bicyclic) bond motifs is 2. The number of Topliss-reactive ketones (excluding diaryl/α,β-unsaturated/α-hetero) is 1. The van der Waals surface area contributed by atoms with Crippen molar-refractivity contribution >= 4 is 23.5 Å². The van der Waals surface area contributed by atoms with E-state index in [1.54, 1.807) is 28.6 Å². The molecule has 1 aliphatic heterocycles. The first-order valence-electron chi connectivity index (χ1n) is 10.1. The van der Waals surface area contributed by atoms with Crippen molar-refractivity contribution in [3.8, 4) is 11.5 Å². The van der Waals surface area contributed by atoms with E-state index in [2.05, 4.69) is 28.5 Å². The molecule has 8 heteroatoms. The molecule has 0 fully saturated rings. The number of aromatic nitrogens is 3. The van der Waals surface area contributed by atoms with E-state index < -0.39 is 0 Å². The number of methoxy groups -OCH3 is 1. The molecule has 2 atom stereocenters. The molecule has 1 aliphatic carbocycles. The Kier molecular flexibility index (Phi) is 5.15. The van der Waals surface area contributed by atoms with Crippen LogP contribution >= 0.6 is 11.8 Å². The van der Waals surface area contributed by atoms with Gasteiger partial charge in [0.05, 0.1) is 19.1 Å². The van der Waals surface area contributed by atoms with Gasteiger partial charge in [0.2, 0.25) is 11.1 Å². The number of hydrogen-bond donors (Lipinski definition) is 2. The highest BCUT2D eigenvalue weighted by molar-refractivity contribution is 7.98. The van der Waals surface area contributed by atoms with E-state index in [9.17, 15) is 9.90 Å². The molecule has 7 nitrogen and oxygen atoms in total. The Balaban J connectivity index is 1.54. The van der Waals surface area contributed by atoms with Crippen LogP contribution in [0.5, 0.6) is 11.5 Å². The number of rotatable bonds is 5. The van der Waals surface area contributed by atoms with Crippen molar-refractivity contribution < 1.29 is 14.6 Å². The molecular weight excluding hydrogens is 412 g/mol. The van der Waals surface area contributed by atoms with Crippen molar-refractivity contribution in [2.75, 3.05) is 12.4 Å². The van der Waals surface area contributed by atoms with Gasteiger partial charge in [-0.15, -0.1) is 5.10 Å². The predicted molar refractivity (Wildman–Crippen MR) is 118 cm³/mol. The fourth-order valence-electron chi connectivity index (χ4n) is 4.15. The van der Waals surface area contributed by atoms with Gasteiger partial charge in [-0.2, -0.15) is 4.98 Å². The van der Waals surface area contributed by atoms with Crippen molar-refractivity contribution in [1.29, 1.82) is 0 Å². The maximum absolute atomic E-state index is 12.9. The number of benzene rings is 2. The summed E-state index contributed by atoms with van der Waals surface area (Å²) in [6, 6.07) is 15.0. The lowest BCUT2D eigenvalue weighted by atomic mass is 9.81. The van der Waals surface area contributed by atoms with Gasteiger partial charge in [0.1, 0.15) is 5.78 Å². The third kappa shape index (κ3) is 3.67. The van der Waals surface area contributed by atoms with Crippen LogP contribution in [0.3, 0.4) is 0 Å². The third-order valence-electron chi connectivity index (χ3n) is 5.64. The molecule has 2 N–H and O–H groups in total. The van der Waals surface area contributed by atoms with Crippen LogP contribution in [0.2, 0.25) is 0 Å². The number of nitrogens with zero attached hydrogens (tertiary/aromatic N) is 3. The second-order valence-electron chi connectivity index (χ2n) is 7.58. The number of aromatic hydroxyl groups is 1. The van der Waals surface area contributed by atoms with Crippen LogP contribution < -0.4 is 10.1 Å². The summed E-state index contributed by atoms with van der Waals surface area (Å²) in [6.07, 6.45) is 3.29. The van der Waals surface area contributed by atoms with E-state index in [4.69, 9.17) is 9.84 Å². The summed E-state index contributed by atoms with van der Waals surface area (Å²) in [4.78, 5) is 17.6. The number of hydrogen-bond acceptors (Lipinski definition) is 7. The number of anilines is 1. The number of carbonyl (C=O) groups is 1. The number of thioether (sulfide) groups is 1. The summed E-state index contributed by atoms with van der Waals surface area (Å²) >= 11 is 1.56. The zero-order valence-electron chi connectivity index (χ0n) is 17.0. The lowest BCUT2D eigenvalue weighted by Crippen LogP contribution is -2.38. The van der Waals surface area contributed by atoms with Crippen molar-refractivity contribution in [2.24, 2.45) is 5.92 Å². The van der Waals surface area contributed by atoms with Crippen LogP contribution in [-0.2, 0) is 10.5 Å². The van der Waals surface area contributed by atoms with E-state index in [1.165, 1.54) is 12.7 Å². The quantitative estimate of drug-likeness (QED) is 0.583. The summed E-state index contributed by atoms with van der Waals surface area (Å²) in [5.74, 6) is 1.59. The fourth-order valence-corrected chi connectivity index (χ4v) is 4.93. The smallest absolute Gasteiger partial charge is 0.227 e. The molecule has 0 spiro atoms. The van der Waals surface area contributed by atoms with Crippen LogP contribution in [0.25, 0.3) is 0 Å². The Morgan fingerprint density at radius 3 is 2.90 bits per heavy atom. The second kappa shape index (κ2) is 8.11. The fraction of sp³-hybridized carbons (Fsp3) is 0.261. The average molecular weight is 435 g/mol. The summed E-state index contributed by atoms with van der Waals surface area (Å²) < 4.78 is 7.10. The molecule has 0 saturated heterocycles. The number of ketones is 1. The SMILES string of the molecule is COc1cc([C@H]2[C@@H]3C(=O)CCC=C3Nc3nc(SCc4ccccc4)nn32)ccc1O. The zero-order valence-corrected chi connectivity index (χ0v) is 17.8. The molecule has 0 bridgehead atoms. The number of ether oxygens (including phenoxy) is 1. The third-order valence-corrected chi connectivity index (χ3v) is 6.55. The average Bonchev–Trinajstić information content (AvgIpc) is 3.20. The molecule has 0 radical (unpaired) electrons. The number of allylic oxidation sites excluding steroid dienone is 2. The highest BCUT2D eigenvalue weighted by Crippen LogP contribution is 2.43. The largest absolute Gasteiger partial charge is 0.504 e. The molecule has 2 aliphatic rings. The summed E-state index contributed by atoms with van der Waals surface area (Å²) in [7, 11) is 1.51. The molecule has 2 heterocycles. The highest BCUT2D eigenvalue weighted by Gasteiger charge is 2.41. The Labute approximate surface area is 184 Å². The predicted octanol–water partition coefficient (Wildman–Crippen LogP) is 4.16. The summed E-state index contributed by atoms with van der Waals surface area (Å²) in [6.45, 7) is 0. The Bertz CT molecular complexity index is 1160. The Morgan fingerprint density at radius 1 is 1.26 bits per heavy atom. The van der Waals surface area contributed by atoms with E-state index in [0.29, 0.717) is 29.7 Å². The minimum absolute atomic E-state index is 0.0591. The molecule has 2 aromatic carbocycles. The van der Waals surface area contributed by atoms with Gasteiger partial charge < -0.3 is 15.2 Å². The summed E-state index contributed by atoms with van der Waals surface area (Å²) in [5, 5.41) is 18.8. The normalized spacial score (nSPS) is 19.8. The summed E-state index contributed by atoms with van der Waals surface area (Å²) in [5.41, 5.74) is 2.90. The maximum atomic E-state index is 12.9. The maximum Gasteiger partial charge on any atom is 0.227 e. The molecule has 0 amide bonds. The first-order chi connectivity index (χ1) is 15.1. The number of nitrogens with one attached hydrogen (secondary N) is 1. The first kappa shape index (κ1) is 19.7. The molecule has 0 saturated carbocycles. The van der Waals surface area contributed by atoms with E-state index in [1.807, 2.05) is 24.3 Å². The van der Waals surface area contributed by atoms with E-state index in [-0.39, 0.29) is 23.5 Å². The first-order valence-corrected chi connectivity index (χ1v) is 11.1. The van der Waals surface area contributed by atoms with Crippen molar-refractivity contribution in [3.63, 3.8) is 0 Å². The van der Waals surface area contributed by atoms with Crippen LogP contribution in [0.4, 0.5) is 5.95 Å². The lowest BCUT2D eigenvalue weighted by Gasteiger charge is -2.36. The van der Waals surface area contributed by atoms with Crippen LogP contribution in [0.15, 0.2) is 65.5 Å². The van der Waals surface area contributed by atoms with Crippen molar-refractivity contribution in [3.05, 3.63) is 71.4 Å². The van der Waals surface area contributed by atoms with Gasteiger partial charge in [0.15, 0.2) is 11.5 Å². The molecule has 5 rings (SSSR count). The lowest BCUT2D eigenvalue weighted by molar-refractivity contribution is -0.123. The minimum Gasteiger partial charge on any atom is -0.504 e. The van der Waals surface area contributed by atoms with Gasteiger partial charge in [-0.3, -0.25) is 4.79 Å². The van der Waals surface area contributed by atoms with Crippen molar-refractivity contribution in [2.45, 2.75) is 29.8 Å². The van der Waals surface area contributed by atoms with Gasteiger partial charge in [0, 0.05) is 17.9 Å². The molecule has 31 heavy (non-hydrogen) atoms. The van der Waals surface area contributed by atoms with Crippen molar-refractivity contribution in [1.82, 2.24) is 14.8 Å². The van der Waals surface area contributed by atoms with Gasteiger partial charge in [-0.25, -0.2) is 4.68 Å². The minimum atomic E-state index is -0.371. The van der Waals surface area contributed by atoms with E-state index >= 15 is 0 Å². The number of carbonyl (C=O) groups excluding carboxylic acids is 1. The van der Waals surface area contributed by atoms with Crippen LogP contribution in [0, 0.1) is 5.92 Å². The molecule has 1 aromatic heterocycles. The van der Waals surface area contributed by atoms with Crippen LogP contribution in [-0.4, -0.2) is 32.8 Å². The van der Waals surface area contributed by atoms with E-state index in [0.717, 1.165) is 17.0 Å². The van der Waals surface area contributed by atoms with Gasteiger partial charge in [-0.05, 0) is 29.7 Å². The monoisotopic (exact) mass is 434 g/mol. The topological polar surface area (TPSA) is 89.3 Å². The molecule has 158 valence electrons. The second-order valence-corrected chi connectivity index (χ2v) is 8.52. The Hall–Kier alpha value is -3.26.